The molecule has 0 aliphatic carbocycles. The standard InChI is InChI=1S/C20H21N3O3/c1-5-25-20(24)16-12(4)26-19(22)15(9-21)17(16)14-8-6-7-13-10(2)11(3)23-18(13)14/h6-8,17,23H,5,22H2,1-4H3. The highest BCUT2D eigenvalue weighted by Gasteiger charge is 2.37. The Morgan fingerprint density at radius 2 is 2.12 bits per heavy atom. The number of carbonyl (C=O) groups excluding carboxylic acids is 1. The van der Waals surface area contributed by atoms with E-state index in [4.69, 9.17) is 15.2 Å². The number of aryl methyl sites for hydroxylation is 2. The second kappa shape index (κ2) is 6.60. The van der Waals surface area contributed by atoms with Crippen molar-refractivity contribution >= 4 is 16.9 Å². The number of para-hydroxylation sites is 1. The van der Waals surface area contributed by atoms with Crippen molar-refractivity contribution in [2.24, 2.45) is 5.73 Å². The van der Waals surface area contributed by atoms with E-state index in [1.165, 1.54) is 0 Å². The average molecular weight is 351 g/mol. The van der Waals surface area contributed by atoms with Gasteiger partial charge in [-0.15, -0.1) is 0 Å². The number of ether oxygens (including phenoxy) is 2. The first-order valence-electron chi connectivity index (χ1n) is 8.43. The number of benzene rings is 1. The fourth-order valence-electron chi connectivity index (χ4n) is 3.41. The Morgan fingerprint density at radius 3 is 2.77 bits per heavy atom. The largest absolute Gasteiger partial charge is 0.463 e. The summed E-state index contributed by atoms with van der Waals surface area (Å²) in [6.45, 7) is 7.65. The second-order valence-electron chi connectivity index (χ2n) is 6.26. The zero-order valence-corrected chi connectivity index (χ0v) is 15.3. The van der Waals surface area contributed by atoms with Gasteiger partial charge < -0.3 is 20.2 Å². The number of hydrogen-bond donors (Lipinski definition) is 2. The Labute approximate surface area is 151 Å². The predicted octanol–water partition coefficient (Wildman–Crippen LogP) is 3.43. The number of nitrogens with zero attached hydrogens (tertiary/aromatic N) is 1. The Balaban J connectivity index is 2.31. The monoisotopic (exact) mass is 351 g/mol. The van der Waals surface area contributed by atoms with Crippen molar-refractivity contribution in [2.75, 3.05) is 6.61 Å². The summed E-state index contributed by atoms with van der Waals surface area (Å²) in [6, 6.07) is 7.93. The zero-order valence-electron chi connectivity index (χ0n) is 15.3. The van der Waals surface area contributed by atoms with Crippen molar-refractivity contribution in [3.8, 4) is 6.07 Å². The van der Waals surface area contributed by atoms with Crippen LogP contribution in [0, 0.1) is 25.2 Å². The van der Waals surface area contributed by atoms with E-state index in [0.717, 1.165) is 27.7 Å². The van der Waals surface area contributed by atoms with Gasteiger partial charge in [-0.05, 0) is 38.8 Å². The number of hydrogen-bond acceptors (Lipinski definition) is 5. The van der Waals surface area contributed by atoms with Crippen LogP contribution in [0.4, 0.5) is 0 Å². The number of nitriles is 1. The molecule has 1 atom stereocenters. The Kier molecular flexibility index (Phi) is 4.47. The van der Waals surface area contributed by atoms with Crippen LogP contribution in [0.15, 0.2) is 41.0 Å². The zero-order chi connectivity index (χ0) is 19.0. The molecule has 2 aromatic rings. The van der Waals surface area contributed by atoms with Crippen LogP contribution in [0.2, 0.25) is 0 Å². The summed E-state index contributed by atoms with van der Waals surface area (Å²) >= 11 is 0. The molecule has 0 fully saturated rings. The molecule has 1 aliphatic rings. The van der Waals surface area contributed by atoms with E-state index in [-0.39, 0.29) is 18.1 Å². The molecule has 1 aromatic carbocycles. The maximum Gasteiger partial charge on any atom is 0.338 e. The van der Waals surface area contributed by atoms with Gasteiger partial charge in [0.2, 0.25) is 5.88 Å². The minimum Gasteiger partial charge on any atom is -0.463 e. The topological polar surface area (TPSA) is 101 Å². The lowest BCUT2D eigenvalue weighted by Gasteiger charge is -2.27. The van der Waals surface area contributed by atoms with Crippen LogP contribution in [0.1, 0.15) is 36.6 Å². The van der Waals surface area contributed by atoms with Gasteiger partial charge in [-0.2, -0.15) is 5.26 Å². The number of aromatic nitrogens is 1. The maximum absolute atomic E-state index is 12.6. The van der Waals surface area contributed by atoms with Crippen molar-refractivity contribution < 1.29 is 14.3 Å². The maximum atomic E-state index is 12.6. The van der Waals surface area contributed by atoms with E-state index in [2.05, 4.69) is 11.1 Å². The van der Waals surface area contributed by atoms with E-state index in [9.17, 15) is 10.1 Å². The number of fused-ring (bicyclic) bond motifs is 1. The highest BCUT2D eigenvalue weighted by molar-refractivity contribution is 5.95. The van der Waals surface area contributed by atoms with E-state index in [1.54, 1.807) is 13.8 Å². The number of H-pyrrole nitrogens is 1. The smallest absolute Gasteiger partial charge is 0.338 e. The molecule has 1 aliphatic heterocycles. The van der Waals surface area contributed by atoms with E-state index >= 15 is 0 Å². The number of carbonyl (C=O) groups is 1. The fourth-order valence-corrected chi connectivity index (χ4v) is 3.41. The SMILES string of the molecule is CCOC(=O)C1=C(C)OC(N)=C(C#N)C1c1cccc2c(C)c(C)[nH]c12. The Hall–Kier alpha value is -3.20. The minimum absolute atomic E-state index is 0.0139. The number of nitrogens with two attached hydrogens (primary N) is 1. The quantitative estimate of drug-likeness (QED) is 0.825. The van der Waals surface area contributed by atoms with E-state index in [0.29, 0.717) is 11.3 Å². The van der Waals surface area contributed by atoms with Crippen LogP contribution < -0.4 is 5.73 Å². The van der Waals surface area contributed by atoms with E-state index < -0.39 is 11.9 Å². The van der Waals surface area contributed by atoms with Gasteiger partial charge in [0.1, 0.15) is 17.4 Å². The van der Waals surface area contributed by atoms with Crippen LogP contribution in [0.3, 0.4) is 0 Å². The van der Waals surface area contributed by atoms with Crippen LogP contribution in [-0.4, -0.2) is 17.6 Å². The van der Waals surface area contributed by atoms with Crippen molar-refractivity contribution in [1.29, 1.82) is 5.26 Å². The Morgan fingerprint density at radius 1 is 1.38 bits per heavy atom. The molecule has 6 heteroatoms. The van der Waals surface area contributed by atoms with Gasteiger partial charge in [-0.25, -0.2) is 4.79 Å². The van der Waals surface area contributed by atoms with Crippen molar-refractivity contribution in [2.45, 2.75) is 33.6 Å². The lowest BCUT2D eigenvalue weighted by molar-refractivity contribution is -0.139. The number of aromatic amines is 1. The number of esters is 1. The van der Waals surface area contributed by atoms with Crippen molar-refractivity contribution in [3.63, 3.8) is 0 Å². The van der Waals surface area contributed by atoms with Crippen LogP contribution >= 0.6 is 0 Å². The molecule has 3 N–H and O–H groups in total. The van der Waals surface area contributed by atoms with E-state index in [1.807, 2.05) is 32.0 Å². The fraction of sp³-hybridized carbons (Fsp3) is 0.300. The van der Waals surface area contributed by atoms with Gasteiger partial charge in [-0.1, -0.05) is 18.2 Å². The molecule has 1 unspecified atom stereocenters. The third-order valence-corrected chi connectivity index (χ3v) is 4.79. The van der Waals surface area contributed by atoms with Gasteiger partial charge in [0, 0.05) is 11.1 Å². The first-order chi connectivity index (χ1) is 12.4. The summed E-state index contributed by atoms with van der Waals surface area (Å²) in [5, 5.41) is 10.7. The minimum atomic E-state index is -0.644. The normalized spacial score (nSPS) is 17.3. The number of allylic oxidation sites excluding steroid dienone is 2. The van der Waals surface area contributed by atoms with Crippen LogP contribution in [0.25, 0.3) is 10.9 Å². The molecule has 0 radical (unpaired) electrons. The molecule has 26 heavy (non-hydrogen) atoms. The molecule has 2 heterocycles. The lowest BCUT2D eigenvalue weighted by atomic mass is 9.82. The molecule has 0 saturated carbocycles. The summed E-state index contributed by atoms with van der Waals surface area (Å²) in [6.07, 6.45) is 0. The summed E-state index contributed by atoms with van der Waals surface area (Å²) in [5.41, 5.74) is 10.3. The molecule has 0 amide bonds. The van der Waals surface area contributed by atoms with Gasteiger partial charge in [0.15, 0.2) is 0 Å². The highest BCUT2D eigenvalue weighted by Crippen LogP contribution is 2.42. The molecular weight excluding hydrogens is 330 g/mol. The lowest BCUT2D eigenvalue weighted by Crippen LogP contribution is -2.25. The molecule has 134 valence electrons. The molecule has 0 saturated heterocycles. The van der Waals surface area contributed by atoms with Gasteiger partial charge in [-0.3, -0.25) is 0 Å². The summed E-state index contributed by atoms with van der Waals surface area (Å²) in [4.78, 5) is 16.0. The highest BCUT2D eigenvalue weighted by atomic mass is 16.5. The molecule has 0 bridgehead atoms. The molecule has 1 aromatic heterocycles. The predicted molar refractivity (Wildman–Crippen MR) is 97.8 cm³/mol. The number of nitrogens with one attached hydrogen (secondary N) is 1. The Bertz CT molecular complexity index is 1010. The summed E-state index contributed by atoms with van der Waals surface area (Å²) in [7, 11) is 0. The van der Waals surface area contributed by atoms with Crippen molar-refractivity contribution in [3.05, 3.63) is 57.8 Å². The molecule has 6 nitrogen and oxygen atoms in total. The molecule has 3 rings (SSSR count). The first-order valence-corrected chi connectivity index (χ1v) is 8.43. The molecular formula is C20H21N3O3. The summed E-state index contributed by atoms with van der Waals surface area (Å²) in [5.74, 6) is -0.789. The van der Waals surface area contributed by atoms with Crippen LogP contribution in [-0.2, 0) is 14.3 Å². The molecule has 0 spiro atoms. The van der Waals surface area contributed by atoms with Crippen LogP contribution in [0.5, 0.6) is 0 Å². The van der Waals surface area contributed by atoms with Gasteiger partial charge >= 0.3 is 5.97 Å². The third-order valence-electron chi connectivity index (χ3n) is 4.79. The second-order valence-corrected chi connectivity index (χ2v) is 6.26. The van der Waals surface area contributed by atoms with Crippen molar-refractivity contribution in [1.82, 2.24) is 4.98 Å². The van der Waals surface area contributed by atoms with Gasteiger partial charge in [0.05, 0.1) is 23.6 Å². The van der Waals surface area contributed by atoms with Gasteiger partial charge in [0.25, 0.3) is 0 Å². The first kappa shape index (κ1) is 17.6. The number of rotatable bonds is 3. The average Bonchev–Trinajstić information content (AvgIpc) is 2.89. The summed E-state index contributed by atoms with van der Waals surface area (Å²) < 4.78 is 10.7. The third kappa shape index (κ3) is 2.62.